The molecule has 0 bridgehead atoms. The van der Waals surface area contributed by atoms with E-state index in [1.807, 2.05) is 25.1 Å². The van der Waals surface area contributed by atoms with Crippen LogP contribution in [-0.2, 0) is 10.9 Å². The van der Waals surface area contributed by atoms with Crippen molar-refractivity contribution in [1.82, 2.24) is 9.97 Å². The predicted octanol–water partition coefficient (Wildman–Crippen LogP) is 12.3. The van der Waals surface area contributed by atoms with Crippen LogP contribution in [0.1, 0.15) is 47.1 Å². The molecule has 55 heavy (non-hydrogen) atoms. The van der Waals surface area contributed by atoms with Gasteiger partial charge in [-0.3, -0.25) is 4.79 Å². The van der Waals surface area contributed by atoms with E-state index in [-0.39, 0.29) is 5.97 Å². The van der Waals surface area contributed by atoms with E-state index < -0.39 is 5.31 Å². The monoisotopic (exact) mass is 974 g/mol. The van der Waals surface area contributed by atoms with Crippen molar-refractivity contribution in [3.63, 3.8) is 0 Å². The fraction of sp³-hybridized carbons (Fsp3) is 0.0909. The summed E-state index contributed by atoms with van der Waals surface area (Å²) in [5.74, 6) is -0.257. The van der Waals surface area contributed by atoms with E-state index in [2.05, 4.69) is 186 Å². The molecule has 0 saturated carbocycles. The van der Waals surface area contributed by atoms with E-state index in [0.717, 1.165) is 27.5 Å². The van der Waals surface area contributed by atoms with Gasteiger partial charge < -0.3 is 0 Å². The van der Waals surface area contributed by atoms with Crippen LogP contribution in [0.3, 0.4) is 0 Å². The number of aldehydes is 1. The Morgan fingerprint density at radius 3 is 1.67 bits per heavy atom. The summed E-state index contributed by atoms with van der Waals surface area (Å²) in [6, 6.07) is 47.5. The van der Waals surface area contributed by atoms with Gasteiger partial charge in [0.15, 0.2) is 0 Å². The normalized spacial score (nSPS) is 11.6. The quantitative estimate of drug-likeness (QED) is 0.0591. The summed E-state index contributed by atoms with van der Waals surface area (Å²) < 4.78 is 6.78. The van der Waals surface area contributed by atoms with E-state index in [4.69, 9.17) is 4.74 Å². The number of benzene rings is 3. The summed E-state index contributed by atoms with van der Waals surface area (Å²) in [5.41, 5.74) is 1.79. The first-order valence-electron chi connectivity index (χ1n) is 17.2. The summed E-state index contributed by atoms with van der Waals surface area (Å²) in [7, 11) is 0. The Balaban J connectivity index is 0.000000198. The molecule has 0 aliphatic heterocycles. The first kappa shape index (κ1) is 42.3. The van der Waals surface area contributed by atoms with E-state index in [1.165, 1.54) is 37.0 Å². The van der Waals surface area contributed by atoms with Gasteiger partial charge in [0.1, 0.15) is 15.5 Å². The minimum Gasteiger partial charge on any atom is -0.298 e. The molecule has 0 amide bonds. The second-order valence-electron chi connectivity index (χ2n) is 12.1. The van der Waals surface area contributed by atoms with Crippen LogP contribution in [0.5, 0.6) is 0 Å². The molecule has 0 fully saturated rings. The van der Waals surface area contributed by atoms with Crippen LogP contribution in [0.25, 0.3) is 12.2 Å². The van der Waals surface area contributed by atoms with Gasteiger partial charge in [0.2, 0.25) is 0 Å². The van der Waals surface area contributed by atoms with Gasteiger partial charge in [-0.1, -0.05) is 6.08 Å². The number of hydrogen-bond donors (Lipinski definition) is 0. The zero-order chi connectivity index (χ0) is 39.1. The molecule has 11 heteroatoms. The predicted molar refractivity (Wildman–Crippen MR) is 245 cm³/mol. The molecular formula is C44H38Br3N2O3PS2. The first-order valence-corrected chi connectivity index (χ1v) is 24.9. The van der Waals surface area contributed by atoms with Crippen molar-refractivity contribution in [3.05, 3.63) is 192 Å². The number of ether oxygens (including phenoxy) is 1. The molecule has 0 unspecified atom stereocenters. The number of thiophene rings is 2. The minimum atomic E-state index is -3.05. The zero-order valence-electron chi connectivity index (χ0n) is 30.1. The fourth-order valence-electron chi connectivity index (χ4n) is 5.74. The third kappa shape index (κ3) is 11.1. The molecule has 0 aliphatic carbocycles. The molecule has 280 valence electrons. The maximum atomic E-state index is 12.3. The molecule has 3 aromatic carbocycles. The topological polar surface area (TPSA) is 69.2 Å². The molecule has 4 heterocycles. The number of halogens is 3. The van der Waals surface area contributed by atoms with Crippen LogP contribution in [0.4, 0.5) is 0 Å². The van der Waals surface area contributed by atoms with Crippen LogP contribution in [0.2, 0.25) is 0 Å². The molecule has 0 N–H and O–H groups in total. The molecule has 4 aromatic heterocycles. The standard InChI is InChI=1S/C26H24BrO2PS.C12H10BrNS.C6H4BrNO/c1-2-29-26(28)25-19-18-24(31-25)20-30(27,21-12-6-3-7-13-21,22-14-8-4-9-15-22)23-16-10-5-11-17-23;1-9-2-4-11(15-9)5-3-10-6-7-14-12(13)8-10;7-6-3-5(4-9)1-2-8-6/h3-19H,2,20H2,1H3;2-8H,1H3;1-4H/b;5-3+;. The molecule has 0 radical (unpaired) electrons. The zero-order valence-corrected chi connectivity index (χ0v) is 37.4. The molecule has 0 atom stereocenters. The van der Waals surface area contributed by atoms with E-state index in [9.17, 15) is 9.59 Å². The van der Waals surface area contributed by atoms with Gasteiger partial charge in [-0.25, -0.2) is 9.97 Å². The number of aromatic nitrogens is 2. The van der Waals surface area contributed by atoms with Gasteiger partial charge in [0, 0.05) is 27.7 Å². The number of nitrogens with zero attached hydrogens (tertiary/aromatic N) is 2. The van der Waals surface area contributed by atoms with Crippen LogP contribution in [0.15, 0.2) is 161 Å². The van der Waals surface area contributed by atoms with Crippen LogP contribution in [-0.4, -0.2) is 28.8 Å². The maximum absolute atomic E-state index is 12.3. The van der Waals surface area contributed by atoms with Crippen molar-refractivity contribution in [2.75, 3.05) is 6.61 Å². The Morgan fingerprint density at radius 1 is 0.691 bits per heavy atom. The maximum Gasteiger partial charge on any atom is 0.150 e. The second kappa shape index (κ2) is 20.3. The van der Waals surface area contributed by atoms with Gasteiger partial charge in [-0.2, -0.15) is 0 Å². The smallest absolute Gasteiger partial charge is 0.150 e. The Labute approximate surface area is 355 Å². The van der Waals surface area contributed by atoms with E-state index in [1.54, 1.807) is 35.9 Å². The molecule has 0 aliphatic rings. The fourth-order valence-corrected chi connectivity index (χ4v) is 17.0. The van der Waals surface area contributed by atoms with Crippen molar-refractivity contribution in [1.29, 1.82) is 0 Å². The van der Waals surface area contributed by atoms with Crippen molar-refractivity contribution in [3.8, 4) is 0 Å². The summed E-state index contributed by atoms with van der Waals surface area (Å²) in [6.07, 6.45) is 9.15. The van der Waals surface area contributed by atoms with Gasteiger partial charge in [0.25, 0.3) is 0 Å². The van der Waals surface area contributed by atoms with E-state index >= 15 is 0 Å². The van der Waals surface area contributed by atoms with Crippen molar-refractivity contribution in [2.24, 2.45) is 0 Å². The molecule has 0 spiro atoms. The Kier molecular flexibility index (Phi) is 15.6. The molecule has 7 aromatic rings. The Morgan fingerprint density at radius 2 is 1.22 bits per heavy atom. The van der Waals surface area contributed by atoms with Crippen molar-refractivity contribution < 1.29 is 14.3 Å². The number of rotatable bonds is 10. The average molecular weight is 978 g/mol. The Hall–Kier alpha value is -3.89. The van der Waals surface area contributed by atoms with Gasteiger partial charge in [-0.05, 0) is 86.8 Å². The van der Waals surface area contributed by atoms with Crippen LogP contribution >= 0.6 is 75.3 Å². The summed E-state index contributed by atoms with van der Waals surface area (Å²) in [6.45, 7) is 4.32. The largest absolute Gasteiger partial charge is 0.298 e. The van der Waals surface area contributed by atoms with E-state index in [0.29, 0.717) is 21.7 Å². The number of hydrogen-bond acceptors (Lipinski definition) is 7. The number of aryl methyl sites for hydroxylation is 1. The number of pyridine rings is 2. The first-order chi connectivity index (χ1) is 26.6. The van der Waals surface area contributed by atoms with Gasteiger partial charge in [0.05, 0.1) is 0 Å². The molecule has 0 saturated heterocycles. The average Bonchev–Trinajstić information content (AvgIpc) is 3.87. The number of carbonyl (C=O) groups is 2. The summed E-state index contributed by atoms with van der Waals surface area (Å²) in [5, 5.41) is 0.732. The summed E-state index contributed by atoms with van der Waals surface area (Å²) in [4.78, 5) is 34.7. The summed E-state index contributed by atoms with van der Waals surface area (Å²) >= 11 is 14.3. The molecular weight excluding hydrogens is 939 g/mol. The van der Waals surface area contributed by atoms with Crippen LogP contribution in [0, 0.1) is 6.92 Å². The van der Waals surface area contributed by atoms with Gasteiger partial charge >= 0.3 is 196 Å². The van der Waals surface area contributed by atoms with Crippen molar-refractivity contribution >= 4 is 116 Å². The molecule has 7 rings (SSSR count). The van der Waals surface area contributed by atoms with Crippen LogP contribution < -0.4 is 15.9 Å². The third-order valence-corrected chi connectivity index (χ3v) is 20.9. The molecule has 5 nitrogen and oxygen atoms in total. The SMILES string of the molecule is CCOC(=O)c1ccc(CP(Br)(c2ccccc2)(c2ccccc2)c2ccccc2)s1.Cc1ccc(/C=C/c2ccnc(Br)c2)s1.O=Cc1ccnc(Br)c1. The number of esters is 1. The minimum absolute atomic E-state index is 0.257. The van der Waals surface area contributed by atoms with Gasteiger partial charge in [-0.15, -0.1) is 11.3 Å². The third-order valence-electron chi connectivity index (χ3n) is 8.31. The van der Waals surface area contributed by atoms with Crippen molar-refractivity contribution in [2.45, 2.75) is 20.0 Å². The number of carbonyl (C=O) groups excluding carboxylic acids is 2. The second-order valence-corrected chi connectivity index (χ2v) is 25.1. The Bertz CT molecular complexity index is 2240.